The van der Waals surface area contributed by atoms with Gasteiger partial charge in [-0.15, -0.1) is 0 Å². The van der Waals surface area contributed by atoms with Crippen LogP contribution in [0.3, 0.4) is 0 Å². The van der Waals surface area contributed by atoms with Gasteiger partial charge in [-0.2, -0.15) is 0 Å². The van der Waals surface area contributed by atoms with E-state index in [4.69, 9.17) is 10.5 Å². The normalized spacial score (nSPS) is 19.6. The zero-order valence-corrected chi connectivity index (χ0v) is 9.25. The van der Waals surface area contributed by atoms with E-state index >= 15 is 0 Å². The molecule has 0 bridgehead atoms. The van der Waals surface area contributed by atoms with E-state index in [9.17, 15) is 8.42 Å². The van der Waals surface area contributed by atoms with Crippen LogP contribution in [0, 0.1) is 0 Å². The minimum atomic E-state index is -3.13. The van der Waals surface area contributed by atoms with E-state index in [0.717, 1.165) is 5.56 Å². The summed E-state index contributed by atoms with van der Waals surface area (Å²) in [5.41, 5.74) is 6.49. The largest absolute Gasteiger partial charge is 0.377 e. The molecule has 1 aromatic rings. The van der Waals surface area contributed by atoms with Crippen LogP contribution in [-0.2, 0) is 20.1 Å². The third-order valence-corrected chi connectivity index (χ3v) is 3.71. The van der Waals surface area contributed by atoms with Crippen molar-refractivity contribution in [1.82, 2.24) is 0 Å². The molecule has 0 spiro atoms. The molecule has 0 amide bonds. The second-order valence-corrected chi connectivity index (χ2v) is 5.96. The fraction of sp³-hybridized carbons (Fsp3) is 0.400. The van der Waals surface area contributed by atoms with Crippen molar-refractivity contribution in [2.75, 3.05) is 19.5 Å². The first-order valence-electron chi connectivity index (χ1n) is 4.59. The van der Waals surface area contributed by atoms with Gasteiger partial charge < -0.3 is 10.5 Å². The highest BCUT2D eigenvalue weighted by atomic mass is 32.2. The van der Waals surface area contributed by atoms with Gasteiger partial charge in [-0.3, -0.25) is 0 Å². The molecule has 0 unspecified atom stereocenters. The van der Waals surface area contributed by atoms with Gasteiger partial charge in [-0.05, 0) is 17.7 Å². The van der Waals surface area contributed by atoms with E-state index in [1.54, 1.807) is 24.3 Å². The summed E-state index contributed by atoms with van der Waals surface area (Å²) in [5.74, 6) is 0. The summed E-state index contributed by atoms with van der Waals surface area (Å²) in [7, 11) is -3.13. The fourth-order valence-electron chi connectivity index (χ4n) is 1.52. The first-order valence-corrected chi connectivity index (χ1v) is 6.48. The summed E-state index contributed by atoms with van der Waals surface area (Å²) in [6.07, 6.45) is 1.19. The topological polar surface area (TPSA) is 69.4 Å². The van der Waals surface area contributed by atoms with E-state index in [-0.39, 0.29) is 0 Å². The van der Waals surface area contributed by atoms with Gasteiger partial charge in [0.15, 0.2) is 9.84 Å². The zero-order valence-electron chi connectivity index (χ0n) is 8.43. The fourth-order valence-corrected chi connectivity index (χ4v) is 2.15. The van der Waals surface area contributed by atoms with Crippen molar-refractivity contribution in [3.63, 3.8) is 0 Å². The molecule has 2 N–H and O–H groups in total. The SMILES string of the molecule is CS(=O)(=O)c1ccc(C2(N)COC2)cc1. The third-order valence-electron chi connectivity index (χ3n) is 2.58. The maximum absolute atomic E-state index is 11.2. The van der Waals surface area contributed by atoms with Crippen LogP contribution in [0.1, 0.15) is 5.56 Å². The Morgan fingerprint density at radius 2 is 1.80 bits per heavy atom. The summed E-state index contributed by atoms with van der Waals surface area (Å²) in [6, 6.07) is 6.66. The van der Waals surface area contributed by atoms with Crippen LogP contribution in [0.4, 0.5) is 0 Å². The van der Waals surface area contributed by atoms with Crippen molar-refractivity contribution in [3.8, 4) is 0 Å². The average molecular weight is 227 g/mol. The summed E-state index contributed by atoms with van der Waals surface area (Å²) >= 11 is 0. The molecule has 5 heteroatoms. The van der Waals surface area contributed by atoms with E-state index in [1.807, 2.05) is 0 Å². The molecule has 0 aromatic heterocycles. The Hall–Kier alpha value is -0.910. The molecule has 82 valence electrons. The first kappa shape index (κ1) is 10.6. The van der Waals surface area contributed by atoms with Crippen molar-refractivity contribution in [2.24, 2.45) is 5.73 Å². The second kappa shape index (κ2) is 3.30. The summed E-state index contributed by atoms with van der Waals surface area (Å²) in [4.78, 5) is 0.315. The maximum Gasteiger partial charge on any atom is 0.175 e. The van der Waals surface area contributed by atoms with Gasteiger partial charge in [0, 0.05) is 6.26 Å². The summed E-state index contributed by atoms with van der Waals surface area (Å²) in [6.45, 7) is 0.983. The minimum absolute atomic E-state index is 0.315. The number of ether oxygens (including phenoxy) is 1. The van der Waals surface area contributed by atoms with Crippen molar-refractivity contribution in [3.05, 3.63) is 29.8 Å². The molecule has 1 heterocycles. The molecule has 0 saturated carbocycles. The van der Waals surface area contributed by atoms with Crippen molar-refractivity contribution in [2.45, 2.75) is 10.4 Å². The van der Waals surface area contributed by atoms with Gasteiger partial charge in [0.2, 0.25) is 0 Å². The van der Waals surface area contributed by atoms with Crippen LogP contribution < -0.4 is 5.73 Å². The lowest BCUT2D eigenvalue weighted by Crippen LogP contribution is -2.54. The van der Waals surface area contributed by atoms with Crippen LogP contribution in [0.15, 0.2) is 29.2 Å². The minimum Gasteiger partial charge on any atom is -0.377 e. The van der Waals surface area contributed by atoms with Crippen LogP contribution in [0.25, 0.3) is 0 Å². The van der Waals surface area contributed by atoms with Gasteiger partial charge in [0.25, 0.3) is 0 Å². The molecule has 0 aliphatic carbocycles. The molecule has 1 saturated heterocycles. The molecule has 1 aliphatic rings. The first-order chi connectivity index (χ1) is 6.92. The Labute approximate surface area is 89.0 Å². The Balaban J connectivity index is 2.32. The maximum atomic E-state index is 11.2. The Bertz CT molecular complexity index is 460. The number of rotatable bonds is 2. The number of hydrogen-bond acceptors (Lipinski definition) is 4. The average Bonchev–Trinajstić information content (AvgIpc) is 2.13. The van der Waals surface area contributed by atoms with E-state index in [0.29, 0.717) is 18.1 Å². The van der Waals surface area contributed by atoms with E-state index in [1.165, 1.54) is 6.26 Å². The lowest BCUT2D eigenvalue weighted by Gasteiger charge is -2.38. The number of hydrogen-bond donors (Lipinski definition) is 1. The van der Waals surface area contributed by atoms with Gasteiger partial charge >= 0.3 is 0 Å². The summed E-state index contributed by atoms with van der Waals surface area (Å²) in [5, 5.41) is 0. The Morgan fingerprint density at radius 3 is 2.13 bits per heavy atom. The molecule has 1 aliphatic heterocycles. The monoisotopic (exact) mass is 227 g/mol. The second-order valence-electron chi connectivity index (χ2n) is 3.95. The van der Waals surface area contributed by atoms with Crippen LogP contribution >= 0.6 is 0 Å². The van der Waals surface area contributed by atoms with Gasteiger partial charge in [0.1, 0.15) is 0 Å². The van der Waals surface area contributed by atoms with E-state index in [2.05, 4.69) is 0 Å². The van der Waals surface area contributed by atoms with Crippen molar-refractivity contribution < 1.29 is 13.2 Å². The summed E-state index contributed by atoms with van der Waals surface area (Å²) < 4.78 is 27.5. The lowest BCUT2D eigenvalue weighted by molar-refractivity contribution is -0.0569. The van der Waals surface area contributed by atoms with Crippen molar-refractivity contribution >= 4 is 9.84 Å². The molecule has 2 rings (SSSR count). The highest BCUT2D eigenvalue weighted by molar-refractivity contribution is 7.90. The molecule has 0 atom stereocenters. The lowest BCUT2D eigenvalue weighted by atomic mass is 9.89. The number of benzene rings is 1. The van der Waals surface area contributed by atoms with Gasteiger partial charge in [-0.25, -0.2) is 8.42 Å². The highest BCUT2D eigenvalue weighted by Gasteiger charge is 2.35. The number of sulfone groups is 1. The predicted octanol–water partition coefficient (Wildman–Crippen LogP) is 0.274. The smallest absolute Gasteiger partial charge is 0.175 e. The van der Waals surface area contributed by atoms with Crippen LogP contribution in [0.2, 0.25) is 0 Å². The Kier molecular flexibility index (Phi) is 2.33. The van der Waals surface area contributed by atoms with Crippen LogP contribution in [-0.4, -0.2) is 27.9 Å². The quantitative estimate of drug-likeness (QED) is 0.787. The van der Waals surface area contributed by atoms with E-state index < -0.39 is 15.4 Å². The third kappa shape index (κ3) is 1.90. The molecule has 1 aromatic carbocycles. The zero-order chi connectivity index (χ0) is 11.1. The number of nitrogens with two attached hydrogens (primary N) is 1. The predicted molar refractivity (Wildman–Crippen MR) is 56.2 cm³/mol. The molecule has 15 heavy (non-hydrogen) atoms. The molecule has 0 radical (unpaired) electrons. The highest BCUT2D eigenvalue weighted by Crippen LogP contribution is 2.27. The standard InChI is InChI=1S/C10H13NO3S/c1-15(12,13)9-4-2-8(3-5-9)10(11)6-14-7-10/h2-5H,6-7,11H2,1H3. The van der Waals surface area contributed by atoms with Gasteiger partial charge in [0.05, 0.1) is 23.6 Å². The van der Waals surface area contributed by atoms with Crippen LogP contribution in [0.5, 0.6) is 0 Å². The Morgan fingerprint density at radius 1 is 1.27 bits per heavy atom. The molecular formula is C10H13NO3S. The van der Waals surface area contributed by atoms with Gasteiger partial charge in [-0.1, -0.05) is 12.1 Å². The molecule has 4 nitrogen and oxygen atoms in total. The molecular weight excluding hydrogens is 214 g/mol. The van der Waals surface area contributed by atoms with Crippen molar-refractivity contribution in [1.29, 1.82) is 0 Å². The molecule has 1 fully saturated rings.